The highest BCUT2D eigenvalue weighted by Crippen LogP contribution is 2.01. The Morgan fingerprint density at radius 2 is 2.10 bits per heavy atom. The van der Waals surface area contributed by atoms with Gasteiger partial charge in [0.15, 0.2) is 0 Å². The van der Waals surface area contributed by atoms with Crippen molar-refractivity contribution in [3.05, 3.63) is 0 Å². The summed E-state index contributed by atoms with van der Waals surface area (Å²) in [5.41, 5.74) is 0. The van der Waals surface area contributed by atoms with E-state index in [9.17, 15) is 0 Å². The Morgan fingerprint density at radius 1 is 1.60 bits per heavy atom. The maximum absolute atomic E-state index is 5.55. The van der Waals surface area contributed by atoms with Gasteiger partial charge in [-0.25, -0.2) is 0 Å². The molecule has 1 unspecified atom stereocenters. The van der Waals surface area contributed by atoms with Gasteiger partial charge in [0.05, 0.1) is 11.2 Å². The molecule has 0 heterocycles. The van der Waals surface area contributed by atoms with Crippen molar-refractivity contribution in [1.82, 2.24) is 0 Å². The number of alkyl halides is 1. The van der Waals surface area contributed by atoms with E-state index in [1.807, 2.05) is 6.92 Å². The minimum Gasteiger partial charge on any atom is -0.412 e. The van der Waals surface area contributed by atoms with Crippen LogP contribution < -0.4 is 0 Å². The molecule has 0 aliphatic heterocycles. The van der Waals surface area contributed by atoms with Gasteiger partial charge in [-0.05, 0) is 13.3 Å². The molecule has 0 aromatic carbocycles. The first-order chi connectivity index (χ1) is 4.20. The molecule has 0 aromatic rings. The fourth-order valence-electron chi connectivity index (χ4n) is 0.486. The molecule has 0 spiro atoms. The first-order valence-corrected chi connectivity index (χ1v) is 3.87. The maximum atomic E-state index is 5.55. The Morgan fingerprint density at radius 3 is 2.20 bits per heavy atom. The molecular weight excluding hydrogens is 173 g/mol. The van der Waals surface area contributed by atoms with Gasteiger partial charge in [0.1, 0.15) is 0 Å². The largest absolute Gasteiger partial charge is 0.412 e. The summed E-state index contributed by atoms with van der Waals surface area (Å²) in [5.74, 6) is 0.556. The standard InChI is InChI=1S/C6H11Cl2N.H2O/c1-3-6(4-7)9-5(2)8;/h6H,3-4H2,1-2H3;1H2. The molecule has 1 atom stereocenters. The van der Waals surface area contributed by atoms with Crippen LogP contribution in [0.3, 0.4) is 0 Å². The third-order valence-corrected chi connectivity index (χ3v) is 1.46. The lowest BCUT2D eigenvalue weighted by molar-refractivity contribution is 0.725. The van der Waals surface area contributed by atoms with E-state index in [1.165, 1.54) is 0 Å². The van der Waals surface area contributed by atoms with E-state index in [-0.39, 0.29) is 11.5 Å². The van der Waals surface area contributed by atoms with Gasteiger partial charge in [-0.3, -0.25) is 4.99 Å². The van der Waals surface area contributed by atoms with Crippen LogP contribution in [0.2, 0.25) is 0 Å². The summed E-state index contributed by atoms with van der Waals surface area (Å²) in [5, 5.41) is 0.586. The lowest BCUT2D eigenvalue weighted by Crippen LogP contribution is -2.05. The average Bonchev–Trinajstić information content (AvgIpc) is 1.82. The fraction of sp³-hybridized carbons (Fsp3) is 0.833. The first kappa shape index (κ1) is 12.8. The molecule has 0 amide bonds. The van der Waals surface area contributed by atoms with E-state index in [0.29, 0.717) is 11.1 Å². The SMILES string of the molecule is CCC(CCl)N=C(C)Cl.O. The minimum absolute atomic E-state index is 0. The topological polar surface area (TPSA) is 43.9 Å². The second-order valence-electron chi connectivity index (χ2n) is 1.84. The van der Waals surface area contributed by atoms with E-state index >= 15 is 0 Å². The molecule has 0 aliphatic carbocycles. The van der Waals surface area contributed by atoms with E-state index in [0.717, 1.165) is 6.42 Å². The Labute approximate surface area is 71.5 Å². The predicted molar refractivity (Wildman–Crippen MR) is 47.4 cm³/mol. The normalized spacial score (nSPS) is 14.2. The molecule has 62 valence electrons. The third kappa shape index (κ3) is 6.33. The van der Waals surface area contributed by atoms with Gasteiger partial charge < -0.3 is 5.48 Å². The quantitative estimate of drug-likeness (QED) is 0.476. The van der Waals surface area contributed by atoms with Crippen LogP contribution in [0.1, 0.15) is 20.3 Å². The Hall–Kier alpha value is 0.210. The summed E-state index contributed by atoms with van der Waals surface area (Å²) in [6, 6.07) is 0.198. The Bertz CT molecular complexity index is 97.9. The van der Waals surface area contributed by atoms with Gasteiger partial charge in [0, 0.05) is 5.88 Å². The third-order valence-electron chi connectivity index (χ3n) is 1.01. The number of rotatable bonds is 3. The second-order valence-corrected chi connectivity index (χ2v) is 2.70. The Kier molecular flexibility index (Phi) is 9.40. The van der Waals surface area contributed by atoms with E-state index in [2.05, 4.69) is 4.99 Å². The van der Waals surface area contributed by atoms with Crippen molar-refractivity contribution < 1.29 is 5.48 Å². The molecule has 0 aliphatic rings. The van der Waals surface area contributed by atoms with Crippen LogP contribution in [0, 0.1) is 0 Å². The van der Waals surface area contributed by atoms with Crippen molar-refractivity contribution in [3.8, 4) is 0 Å². The number of aliphatic imine (C=N–C) groups is 1. The number of hydrogen-bond donors (Lipinski definition) is 0. The monoisotopic (exact) mass is 185 g/mol. The zero-order valence-corrected chi connectivity index (χ0v) is 7.71. The van der Waals surface area contributed by atoms with E-state index in [1.54, 1.807) is 6.92 Å². The van der Waals surface area contributed by atoms with Gasteiger partial charge >= 0.3 is 0 Å². The highest BCUT2D eigenvalue weighted by atomic mass is 35.5. The number of halogens is 2. The van der Waals surface area contributed by atoms with Crippen LogP contribution in [0.4, 0.5) is 0 Å². The highest BCUT2D eigenvalue weighted by molar-refractivity contribution is 6.64. The molecule has 0 bridgehead atoms. The molecule has 0 fully saturated rings. The van der Waals surface area contributed by atoms with Crippen LogP contribution in [0.25, 0.3) is 0 Å². The molecule has 4 heteroatoms. The van der Waals surface area contributed by atoms with Gasteiger partial charge in [0.25, 0.3) is 0 Å². The Balaban J connectivity index is 0. The summed E-state index contributed by atoms with van der Waals surface area (Å²) in [6.45, 7) is 3.80. The van der Waals surface area contributed by atoms with Crippen LogP contribution in [0.5, 0.6) is 0 Å². The maximum Gasteiger partial charge on any atom is 0.0975 e. The van der Waals surface area contributed by atoms with Gasteiger partial charge in [-0.15, -0.1) is 11.6 Å². The van der Waals surface area contributed by atoms with Crippen molar-refractivity contribution >= 4 is 28.4 Å². The van der Waals surface area contributed by atoms with Crippen molar-refractivity contribution in [2.45, 2.75) is 26.3 Å². The molecule has 2 N–H and O–H groups in total. The zero-order chi connectivity index (χ0) is 7.28. The molecule has 0 radical (unpaired) electrons. The van der Waals surface area contributed by atoms with Crippen molar-refractivity contribution in [1.29, 1.82) is 0 Å². The summed E-state index contributed by atoms with van der Waals surface area (Å²) in [4.78, 5) is 4.06. The van der Waals surface area contributed by atoms with Crippen LogP contribution in [-0.2, 0) is 0 Å². The summed E-state index contributed by atoms with van der Waals surface area (Å²) in [6.07, 6.45) is 0.952. The second kappa shape index (κ2) is 7.32. The molecular formula is C6H13Cl2NO. The highest BCUT2D eigenvalue weighted by Gasteiger charge is 1.99. The predicted octanol–water partition coefficient (Wildman–Crippen LogP) is 1.84. The zero-order valence-electron chi connectivity index (χ0n) is 6.19. The van der Waals surface area contributed by atoms with Crippen LogP contribution in [0.15, 0.2) is 4.99 Å². The molecule has 2 nitrogen and oxygen atoms in total. The summed E-state index contributed by atoms with van der Waals surface area (Å²) >= 11 is 11.1. The van der Waals surface area contributed by atoms with Crippen LogP contribution in [-0.4, -0.2) is 22.6 Å². The number of hydrogen-bond acceptors (Lipinski definition) is 1. The molecule has 0 rings (SSSR count). The van der Waals surface area contributed by atoms with Gasteiger partial charge in [0.2, 0.25) is 0 Å². The molecule has 0 saturated heterocycles. The summed E-state index contributed by atoms with van der Waals surface area (Å²) < 4.78 is 0. The lowest BCUT2D eigenvalue weighted by Gasteiger charge is -2.02. The molecule has 0 aromatic heterocycles. The van der Waals surface area contributed by atoms with Gasteiger partial charge in [-0.2, -0.15) is 0 Å². The molecule has 10 heavy (non-hydrogen) atoms. The molecule has 0 saturated carbocycles. The average molecular weight is 186 g/mol. The van der Waals surface area contributed by atoms with Crippen molar-refractivity contribution in [2.24, 2.45) is 4.99 Å². The number of nitrogens with zero attached hydrogens (tertiary/aromatic N) is 1. The smallest absolute Gasteiger partial charge is 0.0975 e. The van der Waals surface area contributed by atoms with E-state index < -0.39 is 0 Å². The lowest BCUT2D eigenvalue weighted by atomic mass is 10.3. The van der Waals surface area contributed by atoms with Crippen LogP contribution >= 0.6 is 23.2 Å². The van der Waals surface area contributed by atoms with Gasteiger partial charge in [-0.1, -0.05) is 18.5 Å². The van der Waals surface area contributed by atoms with Crippen molar-refractivity contribution in [3.63, 3.8) is 0 Å². The van der Waals surface area contributed by atoms with E-state index in [4.69, 9.17) is 23.2 Å². The minimum atomic E-state index is 0. The van der Waals surface area contributed by atoms with Crippen molar-refractivity contribution in [2.75, 3.05) is 5.88 Å². The first-order valence-electron chi connectivity index (χ1n) is 2.96. The summed E-state index contributed by atoms with van der Waals surface area (Å²) in [7, 11) is 0. The fourth-order valence-corrected chi connectivity index (χ4v) is 0.912.